The van der Waals surface area contributed by atoms with Crippen LogP contribution in [0.5, 0.6) is 0 Å². The monoisotopic (exact) mass is 443 g/mol. The second kappa shape index (κ2) is 7.17. The molecule has 4 aromatic carbocycles. The molecule has 4 aromatic rings. The van der Waals surface area contributed by atoms with E-state index >= 15 is 0 Å². The van der Waals surface area contributed by atoms with Gasteiger partial charge in [-0.15, -0.1) is 0 Å². The molecule has 2 aliphatic heterocycles. The van der Waals surface area contributed by atoms with Crippen molar-refractivity contribution in [1.29, 1.82) is 0 Å². The molecule has 0 atom stereocenters. The molecule has 0 aliphatic carbocycles. The van der Waals surface area contributed by atoms with Crippen LogP contribution in [0, 0.1) is 0 Å². The van der Waals surface area contributed by atoms with Gasteiger partial charge in [0.1, 0.15) is 7.05 Å². The number of hydrogen-bond acceptors (Lipinski definition) is 1. The van der Waals surface area contributed by atoms with Gasteiger partial charge in [0.15, 0.2) is 5.71 Å². The Morgan fingerprint density at radius 3 is 2.15 bits per heavy atom. The fourth-order valence-corrected chi connectivity index (χ4v) is 6.04. The molecule has 2 aliphatic rings. The standard InChI is InChI=1S/C32H30N2/c1-31(2)25-19-17-22-12-7-9-14-24(22)30(25)33-27(31)15-10-16-28-32(3,4)29-23-13-8-6-11-21(23)18-20-26(29)34(28)5/h6-20H,1-5H3/p+1. The average Bonchev–Trinajstić information content (AvgIpc) is 3.21. The van der Waals surface area contributed by atoms with Gasteiger partial charge in [-0.3, -0.25) is 0 Å². The van der Waals surface area contributed by atoms with Crippen LogP contribution in [-0.2, 0) is 10.8 Å². The van der Waals surface area contributed by atoms with Crippen LogP contribution in [0.2, 0.25) is 0 Å². The van der Waals surface area contributed by atoms with E-state index in [0.717, 1.165) is 0 Å². The van der Waals surface area contributed by atoms with Gasteiger partial charge < -0.3 is 5.32 Å². The Bertz CT molecular complexity index is 1580. The van der Waals surface area contributed by atoms with Gasteiger partial charge in [-0.25, -0.2) is 0 Å². The van der Waals surface area contributed by atoms with E-state index in [-0.39, 0.29) is 10.8 Å². The highest BCUT2D eigenvalue weighted by atomic mass is 15.0. The quantitative estimate of drug-likeness (QED) is 0.312. The van der Waals surface area contributed by atoms with Crippen molar-refractivity contribution >= 4 is 38.6 Å². The SMILES string of the molecule is C[N+]1=C(C=CC=C2Nc3c(ccc4ccccc34)C2(C)C)C(C)(C)c2c1ccc1ccccc21. The highest BCUT2D eigenvalue weighted by molar-refractivity contribution is 6.07. The Morgan fingerprint density at radius 1 is 0.735 bits per heavy atom. The van der Waals surface area contributed by atoms with Crippen molar-refractivity contribution in [1.82, 2.24) is 0 Å². The first-order valence-electron chi connectivity index (χ1n) is 12.1. The molecular weight excluding hydrogens is 412 g/mol. The van der Waals surface area contributed by atoms with E-state index in [0.29, 0.717) is 0 Å². The summed E-state index contributed by atoms with van der Waals surface area (Å²) in [4.78, 5) is 0. The minimum absolute atomic E-state index is 0.0648. The second-order valence-corrected chi connectivity index (χ2v) is 10.6. The third-order valence-corrected chi connectivity index (χ3v) is 7.95. The van der Waals surface area contributed by atoms with Crippen molar-refractivity contribution in [3.8, 4) is 0 Å². The van der Waals surface area contributed by atoms with Crippen molar-refractivity contribution in [2.75, 3.05) is 12.4 Å². The molecule has 0 bridgehead atoms. The molecule has 0 unspecified atom stereocenters. The summed E-state index contributed by atoms with van der Waals surface area (Å²) in [5.41, 5.74) is 7.73. The van der Waals surface area contributed by atoms with Gasteiger partial charge in [-0.05, 0) is 47.7 Å². The average molecular weight is 444 g/mol. The molecule has 0 saturated carbocycles. The largest absolute Gasteiger partial charge is 0.357 e. The first kappa shape index (κ1) is 20.9. The van der Waals surface area contributed by atoms with E-state index in [4.69, 9.17) is 0 Å². The van der Waals surface area contributed by atoms with Crippen molar-refractivity contribution in [2.45, 2.75) is 38.5 Å². The number of anilines is 1. The summed E-state index contributed by atoms with van der Waals surface area (Å²) >= 11 is 0. The topological polar surface area (TPSA) is 15.0 Å². The molecule has 0 radical (unpaired) electrons. The van der Waals surface area contributed by atoms with Crippen molar-refractivity contribution < 1.29 is 4.58 Å². The predicted molar refractivity (Wildman–Crippen MR) is 146 cm³/mol. The lowest BCUT2D eigenvalue weighted by Crippen LogP contribution is -2.26. The predicted octanol–water partition coefficient (Wildman–Crippen LogP) is 7.84. The molecule has 0 fully saturated rings. The van der Waals surface area contributed by atoms with Gasteiger partial charge >= 0.3 is 0 Å². The summed E-state index contributed by atoms with van der Waals surface area (Å²) in [6, 6.07) is 26.4. The smallest absolute Gasteiger partial charge is 0.210 e. The second-order valence-electron chi connectivity index (χ2n) is 10.6. The van der Waals surface area contributed by atoms with Gasteiger partial charge in [0, 0.05) is 34.2 Å². The maximum absolute atomic E-state index is 3.75. The molecule has 34 heavy (non-hydrogen) atoms. The zero-order chi connectivity index (χ0) is 23.7. The number of fused-ring (bicyclic) bond motifs is 6. The van der Waals surface area contributed by atoms with E-state index in [1.807, 2.05) is 0 Å². The van der Waals surface area contributed by atoms with Crippen LogP contribution in [0.3, 0.4) is 0 Å². The zero-order valence-electron chi connectivity index (χ0n) is 20.6. The molecule has 0 spiro atoms. The van der Waals surface area contributed by atoms with Crippen molar-refractivity contribution in [2.24, 2.45) is 0 Å². The molecule has 168 valence electrons. The summed E-state index contributed by atoms with van der Waals surface area (Å²) in [7, 11) is 2.19. The summed E-state index contributed by atoms with van der Waals surface area (Å²) in [6.45, 7) is 9.30. The summed E-state index contributed by atoms with van der Waals surface area (Å²) in [5, 5.41) is 8.96. The molecule has 1 N–H and O–H groups in total. The third kappa shape index (κ3) is 2.84. The summed E-state index contributed by atoms with van der Waals surface area (Å²) in [5.74, 6) is 0. The maximum atomic E-state index is 3.75. The zero-order valence-corrected chi connectivity index (χ0v) is 20.6. The van der Waals surface area contributed by atoms with Crippen molar-refractivity contribution in [3.05, 3.63) is 108 Å². The minimum Gasteiger partial charge on any atom is -0.357 e. The minimum atomic E-state index is -0.0717. The molecule has 2 heterocycles. The molecule has 0 aromatic heterocycles. The Kier molecular flexibility index (Phi) is 4.41. The Hall–Kier alpha value is -3.65. The normalized spacial score (nSPS) is 19.3. The van der Waals surface area contributed by atoms with E-state index in [9.17, 15) is 0 Å². The van der Waals surface area contributed by atoms with Gasteiger partial charge in [0.2, 0.25) is 5.69 Å². The maximum Gasteiger partial charge on any atom is 0.210 e. The number of rotatable bonds is 2. The van der Waals surface area contributed by atoms with Crippen LogP contribution in [0.25, 0.3) is 21.5 Å². The number of benzene rings is 4. The van der Waals surface area contributed by atoms with Crippen LogP contribution in [-0.4, -0.2) is 17.3 Å². The van der Waals surface area contributed by atoms with Gasteiger partial charge in [0.05, 0.1) is 11.1 Å². The molecule has 0 amide bonds. The lowest BCUT2D eigenvalue weighted by molar-refractivity contribution is -0.401. The number of hydrogen-bond donors (Lipinski definition) is 1. The highest BCUT2D eigenvalue weighted by Gasteiger charge is 2.44. The molecule has 2 nitrogen and oxygen atoms in total. The van der Waals surface area contributed by atoms with E-state index in [2.05, 4.69) is 136 Å². The first-order chi connectivity index (χ1) is 16.3. The third-order valence-electron chi connectivity index (χ3n) is 7.95. The summed E-state index contributed by atoms with van der Waals surface area (Å²) < 4.78 is 2.35. The lowest BCUT2D eigenvalue weighted by Gasteiger charge is -2.20. The van der Waals surface area contributed by atoms with E-state index in [1.165, 1.54) is 55.5 Å². The molecular formula is C32H31N2+. The Morgan fingerprint density at radius 2 is 1.38 bits per heavy atom. The molecule has 6 rings (SSSR count). The molecule has 0 saturated heterocycles. The Balaban J connectivity index is 1.38. The number of nitrogens with one attached hydrogen (secondary N) is 1. The van der Waals surface area contributed by atoms with Crippen LogP contribution in [0.1, 0.15) is 38.8 Å². The van der Waals surface area contributed by atoms with Crippen LogP contribution in [0.4, 0.5) is 11.4 Å². The fourth-order valence-electron chi connectivity index (χ4n) is 6.04. The summed E-state index contributed by atoms with van der Waals surface area (Å²) in [6.07, 6.45) is 6.77. The van der Waals surface area contributed by atoms with Gasteiger partial charge in [-0.2, -0.15) is 4.58 Å². The molecule has 2 heteroatoms. The number of allylic oxidation sites excluding steroid dienone is 4. The first-order valence-corrected chi connectivity index (χ1v) is 12.1. The van der Waals surface area contributed by atoms with Crippen LogP contribution < -0.4 is 5.32 Å². The fraction of sp³-hybridized carbons (Fsp3) is 0.219. The van der Waals surface area contributed by atoms with Crippen LogP contribution in [0.15, 0.2) is 96.7 Å². The van der Waals surface area contributed by atoms with E-state index in [1.54, 1.807) is 0 Å². The van der Waals surface area contributed by atoms with E-state index < -0.39 is 0 Å². The Labute approximate surface area is 201 Å². The van der Waals surface area contributed by atoms with Gasteiger partial charge in [0.25, 0.3) is 0 Å². The van der Waals surface area contributed by atoms with Crippen molar-refractivity contribution in [3.63, 3.8) is 0 Å². The van der Waals surface area contributed by atoms with Crippen LogP contribution >= 0.6 is 0 Å². The van der Waals surface area contributed by atoms with Gasteiger partial charge in [-0.1, -0.05) is 80.6 Å². The number of nitrogens with zero attached hydrogens (tertiary/aromatic N) is 1. The highest BCUT2D eigenvalue weighted by Crippen LogP contribution is 2.47. The lowest BCUT2D eigenvalue weighted by atomic mass is 9.79.